The molecule has 0 aliphatic carbocycles. The number of amides is 3. The summed E-state index contributed by atoms with van der Waals surface area (Å²) < 4.78 is 10.1. The molecule has 0 radical (unpaired) electrons. The first kappa shape index (κ1) is 24.2. The van der Waals surface area contributed by atoms with Crippen LogP contribution in [0.15, 0.2) is 24.3 Å². The monoisotopic (exact) mass is 461 g/mol. The maximum Gasteiger partial charge on any atom is 0.348 e. The number of carbonyl (C=O) groups is 5. The summed E-state index contributed by atoms with van der Waals surface area (Å²) in [5, 5.41) is 9.37. The summed E-state index contributed by atoms with van der Waals surface area (Å²) >= 11 is 0. The fourth-order valence-corrected chi connectivity index (χ4v) is 3.87. The summed E-state index contributed by atoms with van der Waals surface area (Å²) in [7, 11) is 1.54. The van der Waals surface area contributed by atoms with E-state index in [1.165, 1.54) is 22.9 Å². The lowest BCUT2D eigenvalue weighted by atomic mass is 10.1. The van der Waals surface area contributed by atoms with Gasteiger partial charge in [0.1, 0.15) is 0 Å². The highest BCUT2D eigenvalue weighted by molar-refractivity contribution is 6.02. The van der Waals surface area contributed by atoms with Gasteiger partial charge in [-0.3, -0.25) is 19.2 Å². The minimum absolute atomic E-state index is 0.0177. The Labute approximate surface area is 190 Å². The molecule has 3 rings (SSSR count). The van der Waals surface area contributed by atoms with Gasteiger partial charge in [0, 0.05) is 44.9 Å². The molecule has 11 heteroatoms. The molecule has 33 heavy (non-hydrogen) atoms. The molecule has 11 nitrogen and oxygen atoms in total. The molecule has 0 saturated carbocycles. The van der Waals surface area contributed by atoms with Crippen LogP contribution in [0.4, 0.5) is 5.69 Å². The van der Waals surface area contributed by atoms with Crippen LogP contribution in [0.1, 0.15) is 30.1 Å². The Hall–Kier alpha value is -3.47. The number of aliphatic carboxylic acids is 1. The lowest BCUT2D eigenvalue weighted by molar-refractivity contribution is -0.177. The van der Waals surface area contributed by atoms with E-state index in [1.807, 2.05) is 0 Å². The zero-order chi connectivity index (χ0) is 24.1. The number of carboxylic acid groups (broad SMARTS) is 1. The SMILES string of the molecule is CC(=O)O[C@@H](C(=O)O)[C@H]1OCCN(c2cccc(C(=O)N(C)CC(=O)N3CCCC3)c2)C1=O. The van der Waals surface area contributed by atoms with Crippen molar-refractivity contribution in [1.29, 1.82) is 0 Å². The molecule has 178 valence electrons. The Morgan fingerprint density at radius 1 is 1.21 bits per heavy atom. The fraction of sp³-hybridized carbons (Fsp3) is 0.500. The van der Waals surface area contributed by atoms with Gasteiger partial charge in [0.15, 0.2) is 6.10 Å². The number of likely N-dealkylation sites (N-methyl/N-ethyl adjacent to an activating group) is 1. The highest BCUT2D eigenvalue weighted by Crippen LogP contribution is 2.23. The number of nitrogens with zero attached hydrogens (tertiary/aromatic N) is 3. The summed E-state index contributed by atoms with van der Waals surface area (Å²) in [6.07, 6.45) is -1.38. The second-order valence-electron chi connectivity index (χ2n) is 7.95. The number of carboxylic acids is 1. The van der Waals surface area contributed by atoms with Crippen LogP contribution in [0, 0.1) is 0 Å². The first-order chi connectivity index (χ1) is 15.7. The highest BCUT2D eigenvalue weighted by atomic mass is 16.6. The number of rotatable bonds is 7. The first-order valence-electron chi connectivity index (χ1n) is 10.7. The smallest absolute Gasteiger partial charge is 0.348 e. The number of ether oxygens (including phenoxy) is 2. The number of hydrogen-bond acceptors (Lipinski definition) is 7. The average Bonchev–Trinajstić information content (AvgIpc) is 3.32. The van der Waals surface area contributed by atoms with Crippen LogP contribution < -0.4 is 4.90 Å². The standard InChI is InChI=1S/C22H27N3O8/c1-14(26)33-19(22(30)31)18-21(29)25(10-11-32-18)16-7-5-6-15(12-16)20(28)23(2)13-17(27)24-8-3-4-9-24/h5-7,12,18-19H,3-4,8-11,13H2,1-2H3,(H,30,31)/t18-,19-/m1/s1. The van der Waals surface area contributed by atoms with Crippen molar-refractivity contribution in [3.8, 4) is 0 Å². The van der Waals surface area contributed by atoms with Gasteiger partial charge in [-0.1, -0.05) is 6.07 Å². The molecule has 2 aliphatic rings. The topological polar surface area (TPSA) is 134 Å². The van der Waals surface area contributed by atoms with E-state index in [0.717, 1.165) is 19.8 Å². The van der Waals surface area contributed by atoms with Crippen molar-refractivity contribution in [3.63, 3.8) is 0 Å². The summed E-state index contributed by atoms with van der Waals surface area (Å²) in [4.78, 5) is 65.3. The third-order valence-electron chi connectivity index (χ3n) is 5.52. The van der Waals surface area contributed by atoms with Gasteiger partial charge in [-0.15, -0.1) is 0 Å². The second-order valence-corrected chi connectivity index (χ2v) is 7.95. The van der Waals surface area contributed by atoms with Gasteiger partial charge in [-0.05, 0) is 31.0 Å². The van der Waals surface area contributed by atoms with Crippen LogP contribution in [0.3, 0.4) is 0 Å². The molecule has 2 atom stereocenters. The number of carbonyl (C=O) groups excluding carboxylic acids is 4. The average molecular weight is 461 g/mol. The van der Waals surface area contributed by atoms with E-state index in [2.05, 4.69) is 0 Å². The van der Waals surface area contributed by atoms with Crippen LogP contribution in [-0.2, 0) is 28.7 Å². The number of esters is 1. The molecule has 1 aromatic carbocycles. The third kappa shape index (κ3) is 5.67. The molecular weight excluding hydrogens is 434 g/mol. The quantitative estimate of drug-likeness (QED) is 0.567. The highest BCUT2D eigenvalue weighted by Gasteiger charge is 2.42. The minimum atomic E-state index is -1.79. The van der Waals surface area contributed by atoms with Crippen LogP contribution >= 0.6 is 0 Å². The Morgan fingerprint density at radius 2 is 1.91 bits per heavy atom. The molecule has 2 saturated heterocycles. The summed E-state index contributed by atoms with van der Waals surface area (Å²) in [6.45, 7) is 2.53. The maximum absolute atomic E-state index is 13.0. The van der Waals surface area contributed by atoms with Crippen LogP contribution in [0.25, 0.3) is 0 Å². The summed E-state index contributed by atoms with van der Waals surface area (Å²) in [6, 6.07) is 6.27. The lowest BCUT2D eigenvalue weighted by Gasteiger charge is -2.34. The molecule has 0 bridgehead atoms. The summed E-state index contributed by atoms with van der Waals surface area (Å²) in [5.41, 5.74) is 0.639. The van der Waals surface area contributed by atoms with E-state index in [1.54, 1.807) is 23.1 Å². The van der Waals surface area contributed by atoms with E-state index >= 15 is 0 Å². The Morgan fingerprint density at radius 3 is 2.55 bits per heavy atom. The molecule has 3 amide bonds. The zero-order valence-corrected chi connectivity index (χ0v) is 18.6. The normalized spacial score (nSPS) is 19.2. The lowest BCUT2D eigenvalue weighted by Crippen LogP contribution is -2.55. The minimum Gasteiger partial charge on any atom is -0.478 e. The largest absolute Gasteiger partial charge is 0.478 e. The van der Waals surface area contributed by atoms with Crippen molar-refractivity contribution < 1.29 is 38.6 Å². The molecular formula is C22H27N3O8. The maximum atomic E-state index is 13.0. The van der Waals surface area contributed by atoms with Gasteiger partial charge in [0.2, 0.25) is 12.0 Å². The molecule has 1 N–H and O–H groups in total. The van der Waals surface area contributed by atoms with Gasteiger partial charge in [0.25, 0.3) is 11.8 Å². The van der Waals surface area contributed by atoms with Crippen LogP contribution in [-0.4, -0.2) is 96.6 Å². The van der Waals surface area contributed by atoms with E-state index in [0.29, 0.717) is 18.8 Å². The van der Waals surface area contributed by atoms with Gasteiger partial charge in [-0.2, -0.15) is 0 Å². The fourth-order valence-electron chi connectivity index (χ4n) is 3.87. The molecule has 0 unspecified atom stereocenters. The van der Waals surface area contributed by atoms with Gasteiger partial charge in [0.05, 0.1) is 13.2 Å². The van der Waals surface area contributed by atoms with Crippen LogP contribution in [0.5, 0.6) is 0 Å². The third-order valence-corrected chi connectivity index (χ3v) is 5.52. The first-order valence-corrected chi connectivity index (χ1v) is 10.7. The Balaban J connectivity index is 1.74. The zero-order valence-electron chi connectivity index (χ0n) is 18.6. The van der Waals surface area contributed by atoms with Gasteiger partial charge < -0.3 is 29.3 Å². The molecule has 1 aromatic rings. The number of likely N-dealkylation sites (tertiary alicyclic amines) is 1. The van der Waals surface area contributed by atoms with E-state index < -0.39 is 30.1 Å². The Bertz CT molecular complexity index is 943. The molecule has 2 heterocycles. The predicted molar refractivity (Wildman–Crippen MR) is 114 cm³/mol. The van der Waals surface area contributed by atoms with E-state index in [4.69, 9.17) is 9.47 Å². The number of anilines is 1. The molecule has 0 aromatic heterocycles. The predicted octanol–water partition coefficient (Wildman–Crippen LogP) is 0.129. The van der Waals surface area contributed by atoms with Gasteiger partial charge in [-0.25, -0.2) is 4.79 Å². The van der Waals surface area contributed by atoms with E-state index in [9.17, 15) is 29.1 Å². The van der Waals surface area contributed by atoms with Crippen LogP contribution in [0.2, 0.25) is 0 Å². The molecule has 0 spiro atoms. The van der Waals surface area contributed by atoms with Crippen molar-refractivity contribution in [1.82, 2.24) is 9.80 Å². The molecule has 2 aliphatic heterocycles. The van der Waals surface area contributed by atoms with Crippen molar-refractivity contribution >= 4 is 35.3 Å². The van der Waals surface area contributed by atoms with Gasteiger partial charge >= 0.3 is 11.9 Å². The number of morpholine rings is 1. The van der Waals surface area contributed by atoms with Crippen molar-refractivity contribution in [2.45, 2.75) is 32.0 Å². The van der Waals surface area contributed by atoms with Crippen molar-refractivity contribution in [2.75, 3.05) is 44.7 Å². The Kier molecular flexibility index (Phi) is 7.64. The number of hydrogen-bond donors (Lipinski definition) is 1. The van der Waals surface area contributed by atoms with Crippen molar-refractivity contribution in [3.05, 3.63) is 29.8 Å². The molecule has 2 fully saturated rings. The van der Waals surface area contributed by atoms with E-state index in [-0.39, 0.29) is 37.1 Å². The number of benzene rings is 1. The summed E-state index contributed by atoms with van der Waals surface area (Å²) in [5.74, 6) is -3.55. The van der Waals surface area contributed by atoms with Crippen molar-refractivity contribution in [2.24, 2.45) is 0 Å². The second kappa shape index (κ2) is 10.4.